The van der Waals surface area contributed by atoms with Crippen LogP contribution in [0.4, 0.5) is 0 Å². The number of rotatable bonds is 4. The van der Waals surface area contributed by atoms with Crippen LogP contribution in [0.2, 0.25) is 5.02 Å². The molecule has 0 saturated carbocycles. The highest BCUT2D eigenvalue weighted by Crippen LogP contribution is 2.28. The van der Waals surface area contributed by atoms with Crippen molar-refractivity contribution in [3.05, 3.63) is 34.9 Å². The van der Waals surface area contributed by atoms with Gasteiger partial charge in [0, 0.05) is 31.2 Å². The molecule has 1 fully saturated rings. The third-order valence-corrected chi connectivity index (χ3v) is 3.93. The molecule has 1 atom stereocenters. The van der Waals surface area contributed by atoms with E-state index in [-0.39, 0.29) is 12.6 Å². The van der Waals surface area contributed by atoms with E-state index >= 15 is 0 Å². The van der Waals surface area contributed by atoms with E-state index in [0.717, 1.165) is 5.56 Å². The molecule has 0 bridgehead atoms. The maximum atomic E-state index is 12.2. The largest absolute Gasteiger partial charge is 0.333 e. The van der Waals surface area contributed by atoms with Crippen molar-refractivity contribution in [3.63, 3.8) is 0 Å². The van der Waals surface area contributed by atoms with Crippen LogP contribution in [0.3, 0.4) is 0 Å². The Kier molecular flexibility index (Phi) is 4.62. The molecule has 108 valence electrons. The number of nitrogens with two attached hydrogens (primary N) is 1. The highest BCUT2D eigenvalue weighted by molar-refractivity contribution is 6.35. The zero-order valence-electron chi connectivity index (χ0n) is 11.4. The van der Waals surface area contributed by atoms with Crippen LogP contribution in [0.25, 0.3) is 0 Å². The number of hydrogen-bond donors (Lipinski definition) is 1. The van der Waals surface area contributed by atoms with Crippen molar-refractivity contribution in [3.8, 4) is 0 Å². The lowest BCUT2D eigenvalue weighted by Gasteiger charge is -2.38. The topological polar surface area (TPSA) is 66.6 Å². The van der Waals surface area contributed by atoms with Gasteiger partial charge in [-0.15, -0.1) is 0 Å². The second kappa shape index (κ2) is 6.24. The summed E-state index contributed by atoms with van der Waals surface area (Å²) in [5.41, 5.74) is 6.58. The number of amides is 2. The van der Waals surface area contributed by atoms with Crippen molar-refractivity contribution in [1.29, 1.82) is 0 Å². The Morgan fingerprint density at radius 1 is 1.25 bits per heavy atom. The minimum absolute atomic E-state index is 0.231. The molecule has 1 aliphatic heterocycles. The normalized spacial score (nSPS) is 17.6. The van der Waals surface area contributed by atoms with Crippen LogP contribution in [0.15, 0.2) is 24.3 Å². The molecule has 0 aromatic heterocycles. The monoisotopic (exact) mass is 295 g/mol. The highest BCUT2D eigenvalue weighted by Gasteiger charge is 2.36. The molecule has 1 saturated heterocycles. The first-order valence-corrected chi connectivity index (χ1v) is 7.02. The van der Waals surface area contributed by atoms with Gasteiger partial charge in [0.2, 0.25) is 0 Å². The van der Waals surface area contributed by atoms with E-state index in [9.17, 15) is 9.59 Å². The summed E-state index contributed by atoms with van der Waals surface area (Å²) in [5, 5.41) is 0.557. The lowest BCUT2D eigenvalue weighted by molar-refractivity contribution is -0.157. The molecule has 1 aromatic rings. The molecule has 2 N–H and O–H groups in total. The summed E-state index contributed by atoms with van der Waals surface area (Å²) < 4.78 is 0. The Bertz CT molecular complexity index is 521. The predicted octanol–water partition coefficient (Wildman–Crippen LogP) is 1.03. The average molecular weight is 296 g/mol. The predicted molar refractivity (Wildman–Crippen MR) is 77.2 cm³/mol. The first-order valence-electron chi connectivity index (χ1n) is 6.64. The number of piperazine rings is 1. The van der Waals surface area contributed by atoms with Crippen molar-refractivity contribution >= 4 is 23.4 Å². The lowest BCUT2D eigenvalue weighted by atomic mass is 10.0. The van der Waals surface area contributed by atoms with Gasteiger partial charge in [0.25, 0.3) is 0 Å². The maximum Gasteiger partial charge on any atom is 0.312 e. The van der Waals surface area contributed by atoms with Crippen molar-refractivity contribution in [1.82, 2.24) is 9.80 Å². The third-order valence-electron chi connectivity index (χ3n) is 3.59. The maximum absolute atomic E-state index is 12.2. The first-order chi connectivity index (χ1) is 9.60. The molecule has 20 heavy (non-hydrogen) atoms. The van der Waals surface area contributed by atoms with Gasteiger partial charge >= 0.3 is 11.8 Å². The smallest absolute Gasteiger partial charge is 0.312 e. The summed E-state index contributed by atoms with van der Waals surface area (Å²) >= 11 is 6.17. The van der Waals surface area contributed by atoms with E-state index in [2.05, 4.69) is 0 Å². The summed E-state index contributed by atoms with van der Waals surface area (Å²) in [6.45, 7) is 3.63. The fourth-order valence-corrected chi connectivity index (χ4v) is 2.72. The number of halogens is 1. The molecular formula is C14H18ClN3O2. The molecule has 2 amide bonds. The van der Waals surface area contributed by atoms with Gasteiger partial charge in [-0.2, -0.15) is 0 Å². The number of carbonyl (C=O) groups excluding carboxylic acids is 2. The zero-order valence-corrected chi connectivity index (χ0v) is 12.1. The van der Waals surface area contributed by atoms with E-state index in [1.165, 1.54) is 4.90 Å². The molecule has 2 rings (SSSR count). The van der Waals surface area contributed by atoms with Crippen LogP contribution >= 0.6 is 11.6 Å². The van der Waals surface area contributed by atoms with E-state index < -0.39 is 11.8 Å². The second-order valence-electron chi connectivity index (χ2n) is 4.66. The van der Waals surface area contributed by atoms with Gasteiger partial charge in [0.15, 0.2) is 0 Å². The number of carbonyl (C=O) groups is 2. The molecule has 6 heteroatoms. The SMILES string of the molecule is CCN1CCN(C(CN)c2ccccc2Cl)C(=O)C1=O. The van der Waals surface area contributed by atoms with Crippen LogP contribution in [0.5, 0.6) is 0 Å². The molecule has 1 aromatic carbocycles. The average Bonchev–Trinajstić information content (AvgIpc) is 2.46. The standard InChI is InChI=1S/C14H18ClN3O2/c1-2-17-7-8-18(14(20)13(17)19)12(9-16)10-5-3-4-6-11(10)15/h3-6,12H,2,7-9,16H2,1H3. The van der Waals surface area contributed by atoms with Gasteiger partial charge in [-0.1, -0.05) is 29.8 Å². The van der Waals surface area contributed by atoms with Gasteiger partial charge in [0.05, 0.1) is 6.04 Å². The highest BCUT2D eigenvalue weighted by atomic mass is 35.5. The molecule has 0 spiro atoms. The van der Waals surface area contributed by atoms with Gasteiger partial charge in [0.1, 0.15) is 0 Å². The summed E-state index contributed by atoms with van der Waals surface area (Å²) in [7, 11) is 0. The Hall–Kier alpha value is -1.59. The number of nitrogens with zero attached hydrogens (tertiary/aromatic N) is 2. The lowest BCUT2D eigenvalue weighted by Crippen LogP contribution is -2.56. The van der Waals surface area contributed by atoms with Crippen LogP contribution < -0.4 is 5.73 Å². The number of hydrogen-bond acceptors (Lipinski definition) is 3. The molecular weight excluding hydrogens is 278 g/mol. The van der Waals surface area contributed by atoms with E-state index in [0.29, 0.717) is 24.7 Å². The molecule has 5 nitrogen and oxygen atoms in total. The van der Waals surface area contributed by atoms with Gasteiger partial charge in [-0.3, -0.25) is 9.59 Å². The van der Waals surface area contributed by atoms with E-state index in [1.807, 2.05) is 25.1 Å². The van der Waals surface area contributed by atoms with Crippen molar-refractivity contribution in [2.24, 2.45) is 5.73 Å². The Morgan fingerprint density at radius 3 is 2.55 bits per heavy atom. The fourth-order valence-electron chi connectivity index (χ4n) is 2.46. The summed E-state index contributed by atoms with van der Waals surface area (Å²) in [5.74, 6) is -0.974. The Labute approximate surface area is 123 Å². The summed E-state index contributed by atoms with van der Waals surface area (Å²) in [6.07, 6.45) is 0. The minimum Gasteiger partial charge on any atom is -0.333 e. The fraction of sp³-hybridized carbons (Fsp3) is 0.429. The van der Waals surface area contributed by atoms with Crippen molar-refractivity contribution < 1.29 is 9.59 Å². The van der Waals surface area contributed by atoms with E-state index in [1.54, 1.807) is 11.0 Å². The molecule has 1 aliphatic rings. The van der Waals surface area contributed by atoms with Gasteiger partial charge in [-0.05, 0) is 18.6 Å². The molecule has 0 radical (unpaired) electrons. The first kappa shape index (κ1) is 14.8. The van der Waals surface area contributed by atoms with Gasteiger partial charge in [-0.25, -0.2) is 0 Å². The van der Waals surface area contributed by atoms with Crippen molar-refractivity contribution in [2.45, 2.75) is 13.0 Å². The molecule has 1 heterocycles. The van der Waals surface area contributed by atoms with Crippen LogP contribution in [-0.2, 0) is 9.59 Å². The van der Waals surface area contributed by atoms with Gasteiger partial charge < -0.3 is 15.5 Å². The van der Waals surface area contributed by atoms with Crippen LogP contribution in [0.1, 0.15) is 18.5 Å². The zero-order chi connectivity index (χ0) is 14.7. The quantitative estimate of drug-likeness (QED) is 0.844. The third kappa shape index (κ3) is 2.64. The Morgan fingerprint density at radius 2 is 1.95 bits per heavy atom. The minimum atomic E-state index is -0.506. The molecule has 0 aliphatic carbocycles. The summed E-state index contributed by atoms with van der Waals surface area (Å²) in [6, 6.07) is 6.90. The van der Waals surface area contributed by atoms with Crippen LogP contribution in [-0.4, -0.2) is 47.8 Å². The molecule has 1 unspecified atom stereocenters. The van der Waals surface area contributed by atoms with Crippen LogP contribution in [0, 0.1) is 0 Å². The number of likely N-dealkylation sites (N-methyl/N-ethyl adjacent to an activating group) is 1. The Balaban J connectivity index is 2.27. The summed E-state index contributed by atoms with van der Waals surface area (Å²) in [4.78, 5) is 27.2. The number of benzene rings is 1. The second-order valence-corrected chi connectivity index (χ2v) is 5.06. The van der Waals surface area contributed by atoms with E-state index in [4.69, 9.17) is 17.3 Å². The van der Waals surface area contributed by atoms with Crippen molar-refractivity contribution in [2.75, 3.05) is 26.2 Å².